The number of nitrogens with two attached hydrogens (primary N) is 1. The predicted octanol–water partition coefficient (Wildman–Crippen LogP) is 2.21. The van der Waals surface area contributed by atoms with Crippen LogP contribution in [0.25, 0.3) is 5.69 Å². The minimum absolute atomic E-state index is 0.0359. The lowest BCUT2D eigenvalue weighted by molar-refractivity contribution is 0.770. The Hall–Kier alpha value is -1.68. The Labute approximate surface area is 101 Å². The summed E-state index contributed by atoms with van der Waals surface area (Å²) in [5, 5.41) is 4.50. The summed E-state index contributed by atoms with van der Waals surface area (Å²) in [6.07, 6.45) is 1.82. The van der Waals surface area contributed by atoms with E-state index in [9.17, 15) is 0 Å². The van der Waals surface area contributed by atoms with E-state index in [4.69, 9.17) is 5.73 Å². The molecule has 0 unspecified atom stereocenters. The molecule has 4 nitrogen and oxygen atoms in total. The molecule has 0 amide bonds. The summed E-state index contributed by atoms with van der Waals surface area (Å²) in [5.41, 5.74) is 11.1. The summed E-state index contributed by atoms with van der Waals surface area (Å²) in [4.78, 5) is 4.35. The first-order chi connectivity index (χ1) is 8.00. The quantitative estimate of drug-likeness (QED) is 0.860. The second-order valence-corrected chi connectivity index (χ2v) is 4.44. The first kappa shape index (κ1) is 11.8. The Bertz CT molecular complexity index is 523. The Morgan fingerprint density at radius 2 is 1.94 bits per heavy atom. The predicted molar refractivity (Wildman–Crippen MR) is 68.2 cm³/mol. The lowest BCUT2D eigenvalue weighted by atomic mass is 10.2. The van der Waals surface area contributed by atoms with Gasteiger partial charge in [0, 0.05) is 11.7 Å². The Kier molecular flexibility index (Phi) is 2.98. The van der Waals surface area contributed by atoms with Crippen LogP contribution in [-0.4, -0.2) is 14.8 Å². The molecule has 2 aromatic rings. The molecule has 2 heterocycles. The molecule has 2 aromatic heterocycles. The number of nitrogens with zero attached hydrogens (tertiary/aromatic N) is 3. The van der Waals surface area contributed by atoms with Crippen LogP contribution in [0.3, 0.4) is 0 Å². The van der Waals surface area contributed by atoms with Gasteiger partial charge in [0.05, 0.1) is 23.3 Å². The van der Waals surface area contributed by atoms with E-state index in [1.165, 1.54) is 5.56 Å². The molecule has 2 rings (SSSR count). The topological polar surface area (TPSA) is 56.7 Å². The summed E-state index contributed by atoms with van der Waals surface area (Å²) in [7, 11) is 0. The fraction of sp³-hybridized carbons (Fsp3) is 0.385. The van der Waals surface area contributed by atoms with Crippen molar-refractivity contribution in [2.24, 2.45) is 5.73 Å². The van der Waals surface area contributed by atoms with Crippen LogP contribution in [-0.2, 0) is 0 Å². The average Bonchev–Trinajstić information content (AvgIpc) is 2.57. The van der Waals surface area contributed by atoms with Gasteiger partial charge in [-0.2, -0.15) is 5.10 Å². The van der Waals surface area contributed by atoms with E-state index in [0.717, 1.165) is 22.8 Å². The second kappa shape index (κ2) is 4.30. The molecule has 0 spiro atoms. The van der Waals surface area contributed by atoms with Crippen LogP contribution in [0.1, 0.15) is 35.6 Å². The Morgan fingerprint density at radius 1 is 1.24 bits per heavy atom. The lowest BCUT2D eigenvalue weighted by Crippen LogP contribution is -2.08. The van der Waals surface area contributed by atoms with Gasteiger partial charge in [-0.05, 0) is 45.4 Å². The highest BCUT2D eigenvalue weighted by molar-refractivity contribution is 5.35. The van der Waals surface area contributed by atoms with Gasteiger partial charge in [0.15, 0.2) is 0 Å². The highest BCUT2D eigenvalue weighted by Crippen LogP contribution is 2.17. The third-order valence-corrected chi connectivity index (χ3v) is 3.13. The van der Waals surface area contributed by atoms with E-state index in [1.54, 1.807) is 0 Å². The van der Waals surface area contributed by atoms with E-state index in [2.05, 4.69) is 23.9 Å². The van der Waals surface area contributed by atoms with Gasteiger partial charge in [-0.3, -0.25) is 4.98 Å². The van der Waals surface area contributed by atoms with Crippen molar-refractivity contribution in [3.05, 3.63) is 41.0 Å². The maximum Gasteiger partial charge on any atom is 0.0832 e. The molecule has 0 bridgehead atoms. The second-order valence-electron chi connectivity index (χ2n) is 4.44. The van der Waals surface area contributed by atoms with E-state index in [-0.39, 0.29) is 6.04 Å². The molecule has 90 valence electrons. The van der Waals surface area contributed by atoms with Gasteiger partial charge in [0.1, 0.15) is 0 Å². The van der Waals surface area contributed by atoms with Crippen LogP contribution in [0.2, 0.25) is 0 Å². The number of hydrogen-bond acceptors (Lipinski definition) is 3. The minimum atomic E-state index is -0.0359. The van der Waals surface area contributed by atoms with Gasteiger partial charge < -0.3 is 5.73 Å². The third kappa shape index (κ3) is 2.08. The number of hydrogen-bond donors (Lipinski definition) is 1. The molecule has 0 aliphatic rings. The Balaban J connectivity index is 2.43. The standard InChI is InChI=1S/C13H18N4/c1-8-10(3)16-17(11(8)4)12-5-6-13(9(2)14)15-7-12/h5-7,9H,14H2,1-4H3/t9-/m0/s1. The van der Waals surface area contributed by atoms with Crippen LogP contribution >= 0.6 is 0 Å². The molecule has 1 atom stereocenters. The molecule has 0 radical (unpaired) electrons. The van der Waals surface area contributed by atoms with E-state index in [0.29, 0.717) is 0 Å². The first-order valence-electron chi connectivity index (χ1n) is 5.75. The molecule has 17 heavy (non-hydrogen) atoms. The number of aryl methyl sites for hydroxylation is 1. The SMILES string of the molecule is Cc1nn(-c2ccc([C@H](C)N)nc2)c(C)c1C. The van der Waals surface area contributed by atoms with Crippen molar-refractivity contribution < 1.29 is 0 Å². The summed E-state index contributed by atoms with van der Waals surface area (Å²) >= 11 is 0. The summed E-state index contributed by atoms with van der Waals surface area (Å²) in [6, 6.07) is 3.92. The van der Waals surface area contributed by atoms with Crippen LogP contribution < -0.4 is 5.73 Å². The molecule has 0 saturated heterocycles. The van der Waals surface area contributed by atoms with Crippen molar-refractivity contribution in [3.8, 4) is 5.69 Å². The van der Waals surface area contributed by atoms with E-state index < -0.39 is 0 Å². The largest absolute Gasteiger partial charge is 0.323 e. The molecule has 2 N–H and O–H groups in total. The Morgan fingerprint density at radius 3 is 2.35 bits per heavy atom. The highest BCUT2D eigenvalue weighted by Gasteiger charge is 2.09. The van der Waals surface area contributed by atoms with Gasteiger partial charge in [-0.1, -0.05) is 0 Å². The monoisotopic (exact) mass is 230 g/mol. The van der Waals surface area contributed by atoms with Crippen LogP contribution in [0.5, 0.6) is 0 Å². The summed E-state index contributed by atoms with van der Waals surface area (Å²) in [6.45, 7) is 8.09. The van der Waals surface area contributed by atoms with Gasteiger partial charge in [-0.25, -0.2) is 4.68 Å². The molecule has 0 aromatic carbocycles. The van der Waals surface area contributed by atoms with Crippen molar-refractivity contribution in [2.45, 2.75) is 33.7 Å². The van der Waals surface area contributed by atoms with Crippen molar-refractivity contribution in [1.82, 2.24) is 14.8 Å². The minimum Gasteiger partial charge on any atom is -0.323 e. The normalized spacial score (nSPS) is 12.8. The van der Waals surface area contributed by atoms with Crippen LogP contribution in [0, 0.1) is 20.8 Å². The lowest BCUT2D eigenvalue weighted by Gasteiger charge is -2.07. The zero-order chi connectivity index (χ0) is 12.6. The van der Waals surface area contributed by atoms with Gasteiger partial charge in [0.25, 0.3) is 0 Å². The van der Waals surface area contributed by atoms with Gasteiger partial charge >= 0.3 is 0 Å². The third-order valence-electron chi connectivity index (χ3n) is 3.13. The van der Waals surface area contributed by atoms with E-state index in [1.807, 2.05) is 36.9 Å². The number of pyridine rings is 1. The molecule has 4 heteroatoms. The molecular weight excluding hydrogens is 212 g/mol. The average molecular weight is 230 g/mol. The maximum absolute atomic E-state index is 5.78. The fourth-order valence-electron chi connectivity index (χ4n) is 1.76. The molecule has 0 saturated carbocycles. The number of rotatable bonds is 2. The van der Waals surface area contributed by atoms with Crippen LogP contribution in [0.15, 0.2) is 18.3 Å². The summed E-state index contributed by atoms with van der Waals surface area (Å²) in [5.74, 6) is 0. The first-order valence-corrected chi connectivity index (χ1v) is 5.75. The van der Waals surface area contributed by atoms with Gasteiger partial charge in [0.2, 0.25) is 0 Å². The van der Waals surface area contributed by atoms with Crippen molar-refractivity contribution in [1.29, 1.82) is 0 Å². The number of aromatic nitrogens is 3. The zero-order valence-corrected chi connectivity index (χ0v) is 10.7. The zero-order valence-electron chi connectivity index (χ0n) is 10.7. The molecule has 0 aliphatic carbocycles. The van der Waals surface area contributed by atoms with Crippen molar-refractivity contribution in [3.63, 3.8) is 0 Å². The van der Waals surface area contributed by atoms with Crippen molar-refractivity contribution >= 4 is 0 Å². The fourth-order valence-corrected chi connectivity index (χ4v) is 1.76. The summed E-state index contributed by atoms with van der Waals surface area (Å²) < 4.78 is 1.92. The molecule has 0 fully saturated rings. The maximum atomic E-state index is 5.78. The smallest absolute Gasteiger partial charge is 0.0832 e. The van der Waals surface area contributed by atoms with E-state index >= 15 is 0 Å². The highest BCUT2D eigenvalue weighted by atomic mass is 15.3. The van der Waals surface area contributed by atoms with Crippen molar-refractivity contribution in [2.75, 3.05) is 0 Å². The molecule has 0 aliphatic heterocycles. The van der Waals surface area contributed by atoms with Crippen LogP contribution in [0.4, 0.5) is 0 Å². The molecular formula is C13H18N4. The van der Waals surface area contributed by atoms with Gasteiger partial charge in [-0.15, -0.1) is 0 Å².